The highest BCUT2D eigenvalue weighted by molar-refractivity contribution is 5.82. The fourth-order valence-corrected chi connectivity index (χ4v) is 1.13. The fourth-order valence-electron chi connectivity index (χ4n) is 1.13. The van der Waals surface area contributed by atoms with Gasteiger partial charge in [0.15, 0.2) is 0 Å². The molecule has 0 aromatic heterocycles. The molecule has 4 heteroatoms. The van der Waals surface area contributed by atoms with Crippen molar-refractivity contribution in [3.63, 3.8) is 0 Å². The fraction of sp³-hybridized carbons (Fsp3) is 0.917. The molecule has 0 aliphatic carbocycles. The SMILES string of the molecule is CC.CNC(CN(C)C)C(=O)NC(C)(C)C. The highest BCUT2D eigenvalue weighted by Gasteiger charge is 2.21. The van der Waals surface area contributed by atoms with Gasteiger partial charge in [-0.15, -0.1) is 0 Å². The summed E-state index contributed by atoms with van der Waals surface area (Å²) in [5.74, 6) is 0.0497. The number of rotatable bonds is 4. The Labute approximate surface area is 101 Å². The zero-order valence-electron chi connectivity index (χ0n) is 12.1. The molecule has 0 saturated carbocycles. The molecule has 1 atom stereocenters. The number of carbonyl (C=O) groups is 1. The topological polar surface area (TPSA) is 44.4 Å². The van der Waals surface area contributed by atoms with Crippen LogP contribution in [0.15, 0.2) is 0 Å². The van der Waals surface area contributed by atoms with Crippen LogP contribution < -0.4 is 10.6 Å². The van der Waals surface area contributed by atoms with E-state index in [-0.39, 0.29) is 17.5 Å². The number of amides is 1. The van der Waals surface area contributed by atoms with Crippen LogP contribution in [0.3, 0.4) is 0 Å². The normalized spacial score (nSPS) is 12.8. The van der Waals surface area contributed by atoms with Gasteiger partial charge >= 0.3 is 0 Å². The third-order valence-electron chi connectivity index (χ3n) is 1.71. The molecule has 0 aromatic rings. The second-order valence-corrected chi connectivity index (χ2v) is 4.84. The largest absolute Gasteiger partial charge is 0.350 e. The Morgan fingerprint density at radius 2 is 1.69 bits per heavy atom. The first-order valence-corrected chi connectivity index (χ1v) is 5.90. The lowest BCUT2D eigenvalue weighted by Crippen LogP contribution is -2.53. The number of nitrogens with one attached hydrogen (secondary N) is 2. The van der Waals surface area contributed by atoms with Crippen LogP contribution in [0.1, 0.15) is 34.6 Å². The van der Waals surface area contributed by atoms with Gasteiger partial charge in [0.25, 0.3) is 0 Å². The predicted molar refractivity (Wildman–Crippen MR) is 70.6 cm³/mol. The minimum absolute atomic E-state index is 0.0497. The molecule has 16 heavy (non-hydrogen) atoms. The molecule has 0 rings (SSSR count). The smallest absolute Gasteiger partial charge is 0.238 e. The van der Waals surface area contributed by atoms with E-state index in [1.165, 1.54) is 0 Å². The Morgan fingerprint density at radius 3 is 1.94 bits per heavy atom. The summed E-state index contributed by atoms with van der Waals surface area (Å²) in [5.41, 5.74) is -0.168. The Morgan fingerprint density at radius 1 is 1.25 bits per heavy atom. The first-order chi connectivity index (χ1) is 7.26. The highest BCUT2D eigenvalue weighted by atomic mass is 16.2. The molecule has 4 nitrogen and oxygen atoms in total. The molecule has 1 unspecified atom stereocenters. The van der Waals surface area contributed by atoms with Gasteiger partial charge in [-0.1, -0.05) is 13.8 Å². The lowest BCUT2D eigenvalue weighted by Gasteiger charge is -2.26. The summed E-state index contributed by atoms with van der Waals surface area (Å²) in [6, 6.07) is -0.149. The molecule has 0 saturated heterocycles. The average molecular weight is 231 g/mol. The Bertz CT molecular complexity index is 185. The number of likely N-dealkylation sites (N-methyl/N-ethyl adjacent to an activating group) is 2. The van der Waals surface area contributed by atoms with Crippen LogP contribution in [-0.4, -0.2) is 50.1 Å². The quantitative estimate of drug-likeness (QED) is 0.761. The van der Waals surface area contributed by atoms with Crippen LogP contribution in [0, 0.1) is 0 Å². The van der Waals surface area contributed by atoms with Gasteiger partial charge in [-0.3, -0.25) is 4.79 Å². The van der Waals surface area contributed by atoms with Gasteiger partial charge in [0.2, 0.25) is 5.91 Å². The van der Waals surface area contributed by atoms with Crippen molar-refractivity contribution in [3.05, 3.63) is 0 Å². The third-order valence-corrected chi connectivity index (χ3v) is 1.71. The van der Waals surface area contributed by atoms with Gasteiger partial charge in [-0.25, -0.2) is 0 Å². The summed E-state index contributed by atoms with van der Waals surface area (Å²) in [7, 11) is 5.71. The molecule has 98 valence electrons. The number of nitrogens with zero attached hydrogens (tertiary/aromatic N) is 1. The highest BCUT2D eigenvalue weighted by Crippen LogP contribution is 1.99. The molecule has 0 aliphatic heterocycles. The van der Waals surface area contributed by atoms with E-state index in [0.717, 1.165) is 0 Å². The number of hydrogen-bond acceptors (Lipinski definition) is 3. The van der Waals surface area contributed by atoms with Crippen LogP contribution in [0.5, 0.6) is 0 Å². The zero-order valence-corrected chi connectivity index (χ0v) is 12.1. The average Bonchev–Trinajstić information content (AvgIpc) is 2.14. The van der Waals surface area contributed by atoms with Gasteiger partial charge in [-0.05, 0) is 41.9 Å². The molecule has 0 bridgehead atoms. The van der Waals surface area contributed by atoms with Gasteiger partial charge in [0, 0.05) is 12.1 Å². The monoisotopic (exact) mass is 231 g/mol. The van der Waals surface area contributed by atoms with E-state index in [4.69, 9.17) is 0 Å². The third kappa shape index (κ3) is 9.93. The van der Waals surface area contributed by atoms with E-state index >= 15 is 0 Å². The summed E-state index contributed by atoms with van der Waals surface area (Å²) in [6.45, 7) is 10.6. The summed E-state index contributed by atoms with van der Waals surface area (Å²) in [5, 5.41) is 5.95. The van der Waals surface area contributed by atoms with Gasteiger partial charge in [-0.2, -0.15) is 0 Å². The van der Waals surface area contributed by atoms with Gasteiger partial charge < -0.3 is 15.5 Å². The molecule has 0 spiro atoms. The van der Waals surface area contributed by atoms with Crippen molar-refractivity contribution in [2.24, 2.45) is 0 Å². The minimum Gasteiger partial charge on any atom is -0.350 e. The maximum atomic E-state index is 11.7. The maximum Gasteiger partial charge on any atom is 0.238 e. The molecule has 1 amide bonds. The summed E-state index contributed by atoms with van der Waals surface area (Å²) < 4.78 is 0. The first kappa shape index (κ1) is 17.8. The van der Waals surface area contributed by atoms with E-state index in [0.29, 0.717) is 6.54 Å². The van der Waals surface area contributed by atoms with Crippen LogP contribution in [0.25, 0.3) is 0 Å². The molecular weight excluding hydrogens is 202 g/mol. The molecule has 2 N–H and O–H groups in total. The van der Waals surface area contributed by atoms with Gasteiger partial charge in [0.05, 0.1) is 6.04 Å². The Balaban J connectivity index is 0. The maximum absolute atomic E-state index is 11.7. The zero-order chi connectivity index (χ0) is 13.4. The van der Waals surface area contributed by atoms with E-state index < -0.39 is 0 Å². The van der Waals surface area contributed by atoms with Crippen molar-refractivity contribution >= 4 is 5.91 Å². The van der Waals surface area contributed by atoms with Crippen molar-refractivity contribution in [1.29, 1.82) is 0 Å². The van der Waals surface area contributed by atoms with Crippen LogP contribution in [-0.2, 0) is 4.79 Å². The van der Waals surface area contributed by atoms with Gasteiger partial charge in [0.1, 0.15) is 0 Å². The summed E-state index contributed by atoms with van der Waals surface area (Å²) in [4.78, 5) is 13.7. The summed E-state index contributed by atoms with van der Waals surface area (Å²) >= 11 is 0. The van der Waals surface area contributed by atoms with Crippen molar-refractivity contribution < 1.29 is 4.79 Å². The van der Waals surface area contributed by atoms with E-state index in [1.54, 1.807) is 7.05 Å². The van der Waals surface area contributed by atoms with E-state index in [1.807, 2.05) is 53.6 Å². The van der Waals surface area contributed by atoms with E-state index in [2.05, 4.69) is 10.6 Å². The van der Waals surface area contributed by atoms with Crippen molar-refractivity contribution in [1.82, 2.24) is 15.5 Å². The van der Waals surface area contributed by atoms with E-state index in [9.17, 15) is 4.79 Å². The molecule has 0 aromatic carbocycles. The lowest BCUT2D eigenvalue weighted by atomic mass is 10.1. The molecule has 0 fully saturated rings. The number of hydrogen-bond donors (Lipinski definition) is 2. The molecule has 0 radical (unpaired) electrons. The van der Waals surface area contributed by atoms with Crippen LogP contribution >= 0.6 is 0 Å². The lowest BCUT2D eigenvalue weighted by molar-refractivity contribution is -0.124. The van der Waals surface area contributed by atoms with Crippen LogP contribution in [0.4, 0.5) is 0 Å². The predicted octanol–water partition coefficient (Wildman–Crippen LogP) is 1.08. The first-order valence-electron chi connectivity index (χ1n) is 5.90. The second kappa shape index (κ2) is 8.53. The number of carbonyl (C=O) groups excluding carboxylic acids is 1. The Kier molecular flexibility index (Phi) is 9.48. The van der Waals surface area contributed by atoms with Crippen molar-refractivity contribution in [2.75, 3.05) is 27.7 Å². The minimum atomic E-state index is -0.168. The molecule has 0 aliphatic rings. The van der Waals surface area contributed by atoms with Crippen molar-refractivity contribution in [2.45, 2.75) is 46.2 Å². The standard InChI is InChI=1S/C10H23N3O.C2H6/c1-10(2,3)12-9(14)8(11-4)7-13(5)6;1-2/h8,11H,7H2,1-6H3,(H,12,14);1-2H3. The second-order valence-electron chi connectivity index (χ2n) is 4.84. The van der Waals surface area contributed by atoms with Crippen LogP contribution in [0.2, 0.25) is 0 Å². The summed E-state index contributed by atoms with van der Waals surface area (Å²) in [6.07, 6.45) is 0. The Hall–Kier alpha value is -0.610. The van der Waals surface area contributed by atoms with Crippen molar-refractivity contribution in [3.8, 4) is 0 Å². The molecule has 0 heterocycles. The molecular formula is C12H29N3O.